The number of carbonyl (C=O) groups is 3. The first-order valence-electron chi connectivity index (χ1n) is 10.9. The quantitative estimate of drug-likeness (QED) is 0.468. The molecule has 0 radical (unpaired) electrons. The van der Waals surface area contributed by atoms with Crippen LogP contribution in [0.4, 0.5) is 5.82 Å². The highest BCUT2D eigenvalue weighted by molar-refractivity contribution is 5.83. The van der Waals surface area contributed by atoms with E-state index in [0.29, 0.717) is 11.2 Å². The number of nitrogens with zero attached hydrogens (tertiary/aromatic N) is 5. The van der Waals surface area contributed by atoms with Gasteiger partial charge >= 0.3 is 17.9 Å². The van der Waals surface area contributed by atoms with Crippen LogP contribution in [0.25, 0.3) is 11.2 Å². The predicted octanol–water partition coefficient (Wildman–Crippen LogP) is 1.14. The molecule has 0 aromatic carbocycles. The lowest BCUT2D eigenvalue weighted by Crippen LogP contribution is -2.55. The molecular formula is C21H27N5O7. The van der Waals surface area contributed by atoms with Crippen LogP contribution in [0.3, 0.4) is 0 Å². The molecule has 0 aliphatic carbocycles. The maximum Gasteiger partial charge on any atom is 0.303 e. The van der Waals surface area contributed by atoms with Crippen LogP contribution in [-0.2, 0) is 33.3 Å². The lowest BCUT2D eigenvalue weighted by Gasteiger charge is -2.40. The Morgan fingerprint density at radius 1 is 0.909 bits per heavy atom. The summed E-state index contributed by atoms with van der Waals surface area (Å²) in [5.41, 5.74) is 1.08. The second-order valence-electron chi connectivity index (χ2n) is 8.09. The molecule has 0 spiro atoms. The molecular weight excluding hydrogens is 434 g/mol. The Morgan fingerprint density at radius 2 is 1.58 bits per heavy atom. The summed E-state index contributed by atoms with van der Waals surface area (Å²) in [5, 5.41) is 0. The van der Waals surface area contributed by atoms with Gasteiger partial charge in [-0.1, -0.05) is 0 Å². The molecule has 0 N–H and O–H groups in total. The zero-order valence-electron chi connectivity index (χ0n) is 18.8. The molecule has 2 aromatic heterocycles. The third-order valence-electron chi connectivity index (χ3n) is 5.59. The van der Waals surface area contributed by atoms with Gasteiger partial charge in [0.15, 0.2) is 41.5 Å². The summed E-state index contributed by atoms with van der Waals surface area (Å²) in [7, 11) is 0. The Morgan fingerprint density at radius 3 is 2.24 bits per heavy atom. The first kappa shape index (κ1) is 22.9. The second kappa shape index (κ2) is 9.69. The van der Waals surface area contributed by atoms with Crippen LogP contribution in [0.1, 0.15) is 46.3 Å². The lowest BCUT2D eigenvalue weighted by molar-refractivity contribution is -0.239. The maximum atomic E-state index is 11.9. The number of piperidine rings is 1. The van der Waals surface area contributed by atoms with Crippen molar-refractivity contribution in [3.63, 3.8) is 0 Å². The lowest BCUT2D eigenvalue weighted by atomic mass is 10.0. The summed E-state index contributed by atoms with van der Waals surface area (Å²) in [6.07, 6.45) is 2.29. The molecule has 12 nitrogen and oxygen atoms in total. The second-order valence-corrected chi connectivity index (χ2v) is 8.09. The fourth-order valence-electron chi connectivity index (χ4n) is 4.32. The Labute approximate surface area is 190 Å². The molecule has 2 fully saturated rings. The van der Waals surface area contributed by atoms with E-state index in [-0.39, 0.29) is 6.61 Å². The molecule has 0 amide bonds. The van der Waals surface area contributed by atoms with Gasteiger partial charge in [-0.25, -0.2) is 15.0 Å². The van der Waals surface area contributed by atoms with Crippen molar-refractivity contribution in [2.24, 2.45) is 0 Å². The van der Waals surface area contributed by atoms with Gasteiger partial charge in [0.25, 0.3) is 0 Å². The predicted molar refractivity (Wildman–Crippen MR) is 113 cm³/mol. The van der Waals surface area contributed by atoms with E-state index in [1.54, 1.807) is 4.57 Å². The summed E-state index contributed by atoms with van der Waals surface area (Å²) >= 11 is 0. The smallest absolute Gasteiger partial charge is 0.303 e. The number of ether oxygens (including phenoxy) is 4. The normalized spacial score (nSPS) is 25.5. The fourth-order valence-corrected chi connectivity index (χ4v) is 4.32. The minimum absolute atomic E-state index is 0.0797. The molecule has 178 valence electrons. The number of fused-ring (bicyclic) bond motifs is 1. The highest BCUT2D eigenvalue weighted by atomic mass is 16.6. The monoisotopic (exact) mass is 461 g/mol. The molecule has 2 aliphatic rings. The molecule has 4 rings (SSSR count). The van der Waals surface area contributed by atoms with Gasteiger partial charge in [0, 0.05) is 33.9 Å². The summed E-state index contributed by atoms with van der Waals surface area (Å²) in [6, 6.07) is 0. The molecule has 4 unspecified atom stereocenters. The van der Waals surface area contributed by atoms with Gasteiger partial charge in [0.05, 0.1) is 12.9 Å². The molecule has 4 atom stereocenters. The van der Waals surface area contributed by atoms with E-state index in [1.165, 1.54) is 39.8 Å². The summed E-state index contributed by atoms with van der Waals surface area (Å²) < 4.78 is 23.8. The molecule has 4 heterocycles. The average molecular weight is 461 g/mol. The van der Waals surface area contributed by atoms with Crippen molar-refractivity contribution in [1.29, 1.82) is 0 Å². The van der Waals surface area contributed by atoms with E-state index in [0.717, 1.165) is 31.7 Å². The first-order chi connectivity index (χ1) is 15.8. The molecule has 0 bridgehead atoms. The minimum Gasteiger partial charge on any atom is -0.456 e. The van der Waals surface area contributed by atoms with Crippen LogP contribution in [-0.4, -0.2) is 75.4 Å². The van der Waals surface area contributed by atoms with E-state index < -0.39 is 42.4 Å². The fraction of sp³-hybridized carbons (Fsp3) is 0.619. The van der Waals surface area contributed by atoms with Gasteiger partial charge in [-0.15, -0.1) is 0 Å². The van der Waals surface area contributed by atoms with Gasteiger partial charge in [0.1, 0.15) is 6.33 Å². The highest BCUT2D eigenvalue weighted by Gasteiger charge is 2.48. The topological polar surface area (TPSA) is 135 Å². The van der Waals surface area contributed by atoms with E-state index in [1.807, 2.05) is 0 Å². The summed E-state index contributed by atoms with van der Waals surface area (Å²) in [4.78, 5) is 50.8. The number of imidazole rings is 1. The Kier molecular flexibility index (Phi) is 6.72. The maximum absolute atomic E-state index is 11.9. The van der Waals surface area contributed by atoms with Crippen LogP contribution in [0.5, 0.6) is 0 Å². The Balaban J connectivity index is 1.72. The number of anilines is 1. The average Bonchev–Trinajstić information content (AvgIpc) is 3.20. The number of hydrogen-bond donors (Lipinski definition) is 0. The number of aromatic nitrogens is 4. The third kappa shape index (κ3) is 4.90. The van der Waals surface area contributed by atoms with Crippen molar-refractivity contribution in [2.45, 2.75) is 64.6 Å². The van der Waals surface area contributed by atoms with Crippen molar-refractivity contribution >= 4 is 34.9 Å². The standard InChI is InChI=1S/C21H27N5O7/c1-12(27)31-15-9-30-21(18(33-14(3)29)17(15)32-13(2)28)26-11-24-16-19(22-10-23-20(16)26)25-7-5-4-6-8-25/h10-11,15,17-18,21H,4-9H2,1-3H3. The van der Waals surface area contributed by atoms with Crippen LogP contribution in [0.2, 0.25) is 0 Å². The zero-order chi connectivity index (χ0) is 23.5. The Bertz CT molecular complexity index is 1040. The third-order valence-corrected chi connectivity index (χ3v) is 5.59. The van der Waals surface area contributed by atoms with Crippen molar-refractivity contribution in [1.82, 2.24) is 19.5 Å². The van der Waals surface area contributed by atoms with Crippen LogP contribution in [0.15, 0.2) is 12.7 Å². The van der Waals surface area contributed by atoms with Crippen LogP contribution < -0.4 is 4.90 Å². The minimum atomic E-state index is -1.10. The molecule has 2 saturated heterocycles. The van der Waals surface area contributed by atoms with Gasteiger partial charge in [0.2, 0.25) is 0 Å². The SMILES string of the molecule is CC(=O)OC1COC(n2cnc3c(N4CCCCC4)ncnc32)C(OC(C)=O)C1OC(C)=O. The largest absolute Gasteiger partial charge is 0.456 e. The van der Waals surface area contributed by atoms with Crippen molar-refractivity contribution in [2.75, 3.05) is 24.6 Å². The number of hydrogen-bond acceptors (Lipinski definition) is 11. The molecule has 12 heteroatoms. The van der Waals surface area contributed by atoms with Crippen LogP contribution >= 0.6 is 0 Å². The zero-order valence-corrected chi connectivity index (χ0v) is 18.8. The Hall–Kier alpha value is -3.28. The molecule has 2 aliphatic heterocycles. The van der Waals surface area contributed by atoms with Gasteiger partial charge in [-0.2, -0.15) is 0 Å². The first-order valence-corrected chi connectivity index (χ1v) is 10.9. The van der Waals surface area contributed by atoms with Crippen LogP contribution in [0, 0.1) is 0 Å². The molecule has 2 aromatic rings. The number of esters is 3. The molecule has 33 heavy (non-hydrogen) atoms. The summed E-state index contributed by atoms with van der Waals surface area (Å²) in [6.45, 7) is 5.38. The van der Waals surface area contributed by atoms with E-state index in [2.05, 4.69) is 19.9 Å². The highest BCUT2D eigenvalue weighted by Crippen LogP contribution is 2.34. The van der Waals surface area contributed by atoms with Crippen molar-refractivity contribution in [3.05, 3.63) is 12.7 Å². The van der Waals surface area contributed by atoms with Gasteiger partial charge < -0.3 is 23.8 Å². The van der Waals surface area contributed by atoms with E-state index >= 15 is 0 Å². The van der Waals surface area contributed by atoms with E-state index in [9.17, 15) is 14.4 Å². The van der Waals surface area contributed by atoms with Gasteiger partial charge in [-0.3, -0.25) is 19.0 Å². The van der Waals surface area contributed by atoms with Crippen molar-refractivity contribution < 1.29 is 33.3 Å². The number of carbonyl (C=O) groups excluding carboxylic acids is 3. The number of rotatable bonds is 5. The molecule has 0 saturated carbocycles. The van der Waals surface area contributed by atoms with E-state index in [4.69, 9.17) is 18.9 Å². The summed E-state index contributed by atoms with van der Waals surface area (Å²) in [5.74, 6) is -1.07. The van der Waals surface area contributed by atoms with Gasteiger partial charge in [-0.05, 0) is 19.3 Å². The van der Waals surface area contributed by atoms with Crippen molar-refractivity contribution in [3.8, 4) is 0 Å².